The summed E-state index contributed by atoms with van der Waals surface area (Å²) in [7, 11) is 2.08. The van der Waals surface area contributed by atoms with Crippen LogP contribution in [0.4, 0.5) is 0 Å². The van der Waals surface area contributed by atoms with E-state index in [0.29, 0.717) is 19.1 Å². The van der Waals surface area contributed by atoms with Crippen LogP contribution in [0.1, 0.15) is 62.5 Å². The number of fused-ring (bicyclic) bond motifs is 2. The third-order valence-corrected chi connectivity index (χ3v) is 6.95. The fourth-order valence-electron chi connectivity index (χ4n) is 5.31. The molecular formula is C27H31NO3. The molecule has 4 nitrogen and oxygen atoms in total. The standard InChI is InChI=1S/C27H31NO3/c1-3-30-27(29)16-20-9-8-19-15-26(31-22-6-4-5-7-22)24(17-23(19)20)18-10-11-25-21(14-18)12-13-28(25)2/h10-15,17,20,22H,3-9,16H2,1-2H3. The molecule has 0 bridgehead atoms. The van der Waals surface area contributed by atoms with Crippen molar-refractivity contribution >= 4 is 16.9 Å². The number of carbonyl (C=O) groups excluding carboxylic acids is 1. The first-order valence-corrected chi connectivity index (χ1v) is 11.7. The summed E-state index contributed by atoms with van der Waals surface area (Å²) < 4.78 is 13.9. The predicted octanol–water partition coefficient (Wildman–Crippen LogP) is 6.15. The monoisotopic (exact) mass is 417 g/mol. The molecule has 2 aliphatic rings. The molecule has 0 N–H and O–H groups in total. The Hall–Kier alpha value is -2.75. The average Bonchev–Trinajstić information content (AvgIpc) is 3.49. The number of nitrogens with zero attached hydrogens (tertiary/aromatic N) is 1. The zero-order valence-electron chi connectivity index (χ0n) is 18.5. The fourth-order valence-corrected chi connectivity index (χ4v) is 5.31. The maximum atomic E-state index is 12.2. The normalized spacial score (nSPS) is 18.5. The number of benzene rings is 2. The molecule has 1 fully saturated rings. The van der Waals surface area contributed by atoms with Crippen LogP contribution in [0.3, 0.4) is 0 Å². The lowest BCUT2D eigenvalue weighted by Crippen LogP contribution is -2.12. The lowest BCUT2D eigenvalue weighted by Gasteiger charge is -2.20. The van der Waals surface area contributed by atoms with E-state index in [2.05, 4.69) is 54.2 Å². The van der Waals surface area contributed by atoms with Crippen molar-refractivity contribution in [2.75, 3.05) is 6.61 Å². The van der Waals surface area contributed by atoms with Gasteiger partial charge in [0.2, 0.25) is 0 Å². The van der Waals surface area contributed by atoms with E-state index < -0.39 is 0 Å². The van der Waals surface area contributed by atoms with Crippen molar-refractivity contribution in [3.8, 4) is 16.9 Å². The summed E-state index contributed by atoms with van der Waals surface area (Å²) in [4.78, 5) is 12.2. The number of ether oxygens (including phenoxy) is 2. The Kier molecular flexibility index (Phi) is 5.47. The maximum absolute atomic E-state index is 12.2. The Morgan fingerprint density at radius 2 is 1.94 bits per heavy atom. The molecule has 0 amide bonds. The minimum atomic E-state index is -0.0983. The molecule has 162 valence electrons. The molecular weight excluding hydrogens is 386 g/mol. The van der Waals surface area contributed by atoms with Crippen LogP contribution < -0.4 is 4.74 Å². The summed E-state index contributed by atoms with van der Waals surface area (Å²) in [5.74, 6) is 1.13. The maximum Gasteiger partial charge on any atom is 0.306 e. The molecule has 1 unspecified atom stereocenters. The Labute approximate surface area is 184 Å². The second-order valence-corrected chi connectivity index (χ2v) is 9.02. The van der Waals surface area contributed by atoms with E-state index in [1.54, 1.807) is 0 Å². The topological polar surface area (TPSA) is 40.5 Å². The van der Waals surface area contributed by atoms with Gasteiger partial charge in [-0.1, -0.05) is 6.07 Å². The van der Waals surface area contributed by atoms with E-state index in [1.165, 1.54) is 40.4 Å². The summed E-state index contributed by atoms with van der Waals surface area (Å²) in [6.45, 7) is 2.31. The molecule has 1 atom stereocenters. The quantitative estimate of drug-likeness (QED) is 0.452. The third-order valence-electron chi connectivity index (χ3n) is 6.95. The van der Waals surface area contributed by atoms with Crippen molar-refractivity contribution in [1.29, 1.82) is 0 Å². The highest BCUT2D eigenvalue weighted by Gasteiger charge is 2.28. The number of aromatic nitrogens is 1. The molecule has 2 aromatic carbocycles. The summed E-state index contributed by atoms with van der Waals surface area (Å²) in [5, 5.41) is 1.23. The van der Waals surface area contributed by atoms with Gasteiger partial charge in [0.05, 0.1) is 19.1 Å². The number of hydrogen-bond donors (Lipinski definition) is 0. The molecule has 2 aliphatic carbocycles. The first-order chi connectivity index (χ1) is 15.1. The highest BCUT2D eigenvalue weighted by molar-refractivity contribution is 5.87. The van der Waals surface area contributed by atoms with Crippen LogP contribution in [0.25, 0.3) is 22.0 Å². The van der Waals surface area contributed by atoms with Gasteiger partial charge in [0.25, 0.3) is 0 Å². The van der Waals surface area contributed by atoms with Crippen LogP contribution in [0.15, 0.2) is 42.6 Å². The van der Waals surface area contributed by atoms with Crippen LogP contribution in [0.2, 0.25) is 0 Å². The zero-order valence-corrected chi connectivity index (χ0v) is 18.5. The van der Waals surface area contributed by atoms with E-state index >= 15 is 0 Å². The van der Waals surface area contributed by atoms with Crippen molar-refractivity contribution in [2.24, 2.45) is 7.05 Å². The average molecular weight is 418 g/mol. The molecule has 31 heavy (non-hydrogen) atoms. The van der Waals surface area contributed by atoms with Gasteiger partial charge in [0.1, 0.15) is 5.75 Å². The smallest absolute Gasteiger partial charge is 0.306 e. The first kappa shape index (κ1) is 20.2. The first-order valence-electron chi connectivity index (χ1n) is 11.7. The van der Waals surface area contributed by atoms with Gasteiger partial charge in [-0.15, -0.1) is 0 Å². The Morgan fingerprint density at radius 1 is 1.10 bits per heavy atom. The highest BCUT2D eigenvalue weighted by atomic mass is 16.5. The van der Waals surface area contributed by atoms with Gasteiger partial charge >= 0.3 is 5.97 Å². The highest BCUT2D eigenvalue weighted by Crippen LogP contribution is 2.44. The molecule has 0 aliphatic heterocycles. The van der Waals surface area contributed by atoms with Gasteiger partial charge in [-0.3, -0.25) is 4.79 Å². The van der Waals surface area contributed by atoms with Crippen LogP contribution in [-0.2, 0) is 23.0 Å². The molecule has 0 saturated heterocycles. The second-order valence-electron chi connectivity index (χ2n) is 9.02. The van der Waals surface area contributed by atoms with Gasteiger partial charge in [0.15, 0.2) is 0 Å². The van der Waals surface area contributed by atoms with Crippen molar-refractivity contribution in [3.05, 3.63) is 53.7 Å². The molecule has 1 aromatic heterocycles. The molecule has 5 rings (SSSR count). The number of hydrogen-bond acceptors (Lipinski definition) is 3. The van der Waals surface area contributed by atoms with E-state index in [0.717, 1.165) is 37.0 Å². The SMILES string of the molecule is CCOC(=O)CC1CCc2cc(OC3CCCC3)c(-c3ccc4c(ccn4C)c3)cc21. The molecule has 0 radical (unpaired) electrons. The van der Waals surface area contributed by atoms with Gasteiger partial charge in [-0.05, 0) is 98.4 Å². The largest absolute Gasteiger partial charge is 0.490 e. The van der Waals surface area contributed by atoms with Gasteiger partial charge in [-0.2, -0.15) is 0 Å². The Bertz CT molecular complexity index is 1110. The van der Waals surface area contributed by atoms with Crippen molar-refractivity contribution in [1.82, 2.24) is 4.57 Å². The molecule has 4 heteroatoms. The van der Waals surface area contributed by atoms with Crippen LogP contribution >= 0.6 is 0 Å². The Morgan fingerprint density at radius 3 is 2.74 bits per heavy atom. The lowest BCUT2D eigenvalue weighted by molar-refractivity contribution is -0.143. The van der Waals surface area contributed by atoms with E-state index in [9.17, 15) is 4.79 Å². The minimum absolute atomic E-state index is 0.0983. The molecule has 1 heterocycles. The minimum Gasteiger partial charge on any atom is -0.490 e. The molecule has 3 aromatic rings. The van der Waals surface area contributed by atoms with Gasteiger partial charge in [0, 0.05) is 29.7 Å². The van der Waals surface area contributed by atoms with E-state index in [4.69, 9.17) is 9.47 Å². The summed E-state index contributed by atoms with van der Waals surface area (Å²) in [6.07, 6.45) is 9.65. The van der Waals surface area contributed by atoms with Gasteiger partial charge < -0.3 is 14.0 Å². The van der Waals surface area contributed by atoms with Crippen LogP contribution in [0.5, 0.6) is 5.75 Å². The van der Waals surface area contributed by atoms with Crippen molar-refractivity contribution in [2.45, 2.75) is 63.9 Å². The summed E-state index contributed by atoms with van der Waals surface area (Å²) in [6, 6.07) is 13.3. The van der Waals surface area contributed by atoms with Crippen LogP contribution in [0, 0.1) is 0 Å². The fraction of sp³-hybridized carbons (Fsp3) is 0.444. The summed E-state index contributed by atoms with van der Waals surface area (Å²) in [5.41, 5.74) is 6.16. The molecule has 1 saturated carbocycles. The Balaban J connectivity index is 1.55. The second kappa shape index (κ2) is 8.41. The number of rotatable bonds is 6. The summed E-state index contributed by atoms with van der Waals surface area (Å²) >= 11 is 0. The van der Waals surface area contributed by atoms with E-state index in [1.807, 2.05) is 6.92 Å². The zero-order chi connectivity index (χ0) is 21.4. The number of carbonyl (C=O) groups is 1. The lowest BCUT2D eigenvalue weighted by atomic mass is 9.93. The number of esters is 1. The molecule has 0 spiro atoms. The number of aryl methyl sites for hydroxylation is 2. The van der Waals surface area contributed by atoms with Crippen molar-refractivity contribution in [3.63, 3.8) is 0 Å². The van der Waals surface area contributed by atoms with Crippen molar-refractivity contribution < 1.29 is 14.3 Å². The third kappa shape index (κ3) is 3.96. The predicted molar refractivity (Wildman–Crippen MR) is 124 cm³/mol. The van der Waals surface area contributed by atoms with Gasteiger partial charge in [-0.25, -0.2) is 0 Å². The van der Waals surface area contributed by atoms with Crippen LogP contribution in [-0.4, -0.2) is 23.2 Å². The van der Waals surface area contributed by atoms with E-state index in [-0.39, 0.29) is 11.9 Å².